The Morgan fingerprint density at radius 3 is 2.95 bits per heavy atom. The number of carbonyl (C=O) groups excluding carboxylic acids is 1. The van der Waals surface area contributed by atoms with E-state index in [0.717, 1.165) is 5.01 Å². The van der Waals surface area contributed by atoms with Crippen LogP contribution in [0, 0.1) is 5.82 Å². The second-order valence-electron chi connectivity index (χ2n) is 3.87. The van der Waals surface area contributed by atoms with Crippen molar-refractivity contribution in [1.29, 1.82) is 0 Å². The molecule has 0 saturated heterocycles. The zero-order valence-corrected chi connectivity index (χ0v) is 11.0. The van der Waals surface area contributed by atoms with Gasteiger partial charge in [-0.15, -0.1) is 11.3 Å². The highest BCUT2D eigenvalue weighted by molar-refractivity contribution is 7.09. The minimum Gasteiger partial charge on any atom is -0.343 e. The molecule has 1 aromatic carbocycles. The third kappa shape index (κ3) is 2.88. The first-order valence-corrected chi connectivity index (χ1v) is 6.47. The van der Waals surface area contributed by atoms with Crippen LogP contribution in [-0.2, 0) is 0 Å². The Morgan fingerprint density at radius 1 is 1.53 bits per heavy atom. The van der Waals surface area contributed by atoms with Gasteiger partial charge in [0.15, 0.2) is 0 Å². The van der Waals surface area contributed by atoms with Crippen LogP contribution in [0.3, 0.4) is 0 Å². The van der Waals surface area contributed by atoms with E-state index in [0.29, 0.717) is 0 Å². The SMILES string of the molecule is CC(NC(=O)c1cccc(F)c1NN)c1nccs1. The van der Waals surface area contributed by atoms with E-state index in [1.165, 1.54) is 29.5 Å². The number of amides is 1. The van der Waals surface area contributed by atoms with Crippen molar-refractivity contribution in [3.8, 4) is 0 Å². The second-order valence-corrected chi connectivity index (χ2v) is 4.80. The molecule has 100 valence electrons. The topological polar surface area (TPSA) is 80.0 Å². The molecule has 0 bridgehead atoms. The first-order chi connectivity index (χ1) is 9.13. The second kappa shape index (κ2) is 5.77. The number of hydrogen-bond acceptors (Lipinski definition) is 5. The Balaban J connectivity index is 2.19. The molecule has 19 heavy (non-hydrogen) atoms. The van der Waals surface area contributed by atoms with Gasteiger partial charge in [-0.3, -0.25) is 10.6 Å². The number of para-hydroxylation sites is 1. The van der Waals surface area contributed by atoms with E-state index in [4.69, 9.17) is 5.84 Å². The molecule has 0 aliphatic heterocycles. The number of hydrogen-bond donors (Lipinski definition) is 3. The quantitative estimate of drug-likeness (QED) is 0.591. The predicted octanol–water partition coefficient (Wildman–Crippen LogP) is 2.06. The number of benzene rings is 1. The van der Waals surface area contributed by atoms with Gasteiger partial charge in [-0.2, -0.15) is 0 Å². The average Bonchev–Trinajstić information content (AvgIpc) is 2.92. The van der Waals surface area contributed by atoms with Gasteiger partial charge in [0.1, 0.15) is 10.8 Å². The van der Waals surface area contributed by atoms with Gasteiger partial charge in [-0.25, -0.2) is 9.37 Å². The van der Waals surface area contributed by atoms with E-state index < -0.39 is 11.7 Å². The van der Waals surface area contributed by atoms with Crippen molar-refractivity contribution in [3.63, 3.8) is 0 Å². The molecular formula is C12H13FN4OS. The molecule has 7 heteroatoms. The van der Waals surface area contributed by atoms with Crippen LogP contribution in [0.25, 0.3) is 0 Å². The minimum absolute atomic E-state index is 0.0219. The Hall–Kier alpha value is -1.99. The lowest BCUT2D eigenvalue weighted by atomic mass is 10.1. The summed E-state index contributed by atoms with van der Waals surface area (Å²) in [5.74, 6) is 4.25. The van der Waals surface area contributed by atoms with Gasteiger partial charge < -0.3 is 10.7 Å². The number of nitrogens with zero attached hydrogens (tertiary/aromatic N) is 1. The van der Waals surface area contributed by atoms with Crippen LogP contribution >= 0.6 is 11.3 Å². The van der Waals surface area contributed by atoms with Crippen LogP contribution in [0.1, 0.15) is 28.3 Å². The molecule has 4 N–H and O–H groups in total. The highest BCUT2D eigenvalue weighted by Gasteiger charge is 2.17. The van der Waals surface area contributed by atoms with Crippen molar-refractivity contribution in [2.45, 2.75) is 13.0 Å². The fourth-order valence-corrected chi connectivity index (χ4v) is 2.29. The maximum absolute atomic E-state index is 13.5. The van der Waals surface area contributed by atoms with E-state index in [1.807, 2.05) is 12.3 Å². The molecule has 0 aliphatic carbocycles. The van der Waals surface area contributed by atoms with Gasteiger partial charge in [-0.1, -0.05) is 6.07 Å². The standard InChI is InChI=1S/C12H13FN4OS/c1-7(12-15-5-6-19-12)16-11(18)8-3-2-4-9(13)10(8)17-14/h2-7,17H,14H2,1H3,(H,16,18). The molecule has 1 atom stereocenters. The number of halogens is 1. The zero-order chi connectivity index (χ0) is 13.8. The molecule has 1 amide bonds. The van der Waals surface area contributed by atoms with Crippen molar-refractivity contribution in [2.75, 3.05) is 5.43 Å². The molecule has 0 radical (unpaired) electrons. The Bertz CT molecular complexity index is 573. The number of aromatic nitrogens is 1. The lowest BCUT2D eigenvalue weighted by molar-refractivity contribution is 0.0940. The van der Waals surface area contributed by atoms with Gasteiger partial charge in [0, 0.05) is 11.6 Å². The van der Waals surface area contributed by atoms with Crippen molar-refractivity contribution in [3.05, 3.63) is 46.2 Å². The fraction of sp³-hybridized carbons (Fsp3) is 0.167. The van der Waals surface area contributed by atoms with Crippen LogP contribution in [0.2, 0.25) is 0 Å². The van der Waals surface area contributed by atoms with Crippen LogP contribution in [0.5, 0.6) is 0 Å². The molecule has 5 nitrogen and oxygen atoms in total. The molecule has 1 aromatic heterocycles. The van der Waals surface area contributed by atoms with Gasteiger partial charge >= 0.3 is 0 Å². The van der Waals surface area contributed by atoms with E-state index >= 15 is 0 Å². The molecule has 1 unspecified atom stereocenters. The van der Waals surface area contributed by atoms with Gasteiger partial charge in [-0.05, 0) is 19.1 Å². The summed E-state index contributed by atoms with van der Waals surface area (Å²) in [6.45, 7) is 1.81. The monoisotopic (exact) mass is 280 g/mol. The smallest absolute Gasteiger partial charge is 0.254 e. The highest BCUT2D eigenvalue weighted by Crippen LogP contribution is 2.20. The molecule has 0 spiro atoms. The van der Waals surface area contributed by atoms with E-state index in [1.54, 1.807) is 6.20 Å². The number of nitrogens with two attached hydrogens (primary N) is 1. The summed E-state index contributed by atoms with van der Waals surface area (Å²) < 4.78 is 13.5. The molecule has 2 rings (SSSR count). The Labute approximate surface area is 113 Å². The van der Waals surface area contributed by atoms with Crippen LogP contribution < -0.4 is 16.6 Å². The van der Waals surface area contributed by atoms with Crippen molar-refractivity contribution < 1.29 is 9.18 Å². The molecule has 1 heterocycles. The molecule has 0 fully saturated rings. The Kier molecular flexibility index (Phi) is 4.08. The van der Waals surface area contributed by atoms with Crippen LogP contribution in [-0.4, -0.2) is 10.9 Å². The van der Waals surface area contributed by atoms with Crippen molar-refractivity contribution in [1.82, 2.24) is 10.3 Å². The summed E-state index contributed by atoms with van der Waals surface area (Å²) in [4.78, 5) is 16.2. The summed E-state index contributed by atoms with van der Waals surface area (Å²) in [5.41, 5.74) is 2.34. The number of thiazole rings is 1. The summed E-state index contributed by atoms with van der Waals surface area (Å²) in [6, 6.07) is 3.94. The molecular weight excluding hydrogens is 267 g/mol. The van der Waals surface area contributed by atoms with E-state index in [9.17, 15) is 9.18 Å². The van der Waals surface area contributed by atoms with Gasteiger partial charge in [0.25, 0.3) is 5.91 Å². The van der Waals surface area contributed by atoms with Gasteiger partial charge in [0.2, 0.25) is 0 Å². The van der Waals surface area contributed by atoms with Crippen LogP contribution in [0.15, 0.2) is 29.8 Å². The van der Waals surface area contributed by atoms with Crippen LogP contribution in [0.4, 0.5) is 10.1 Å². The number of hydrazine groups is 1. The first-order valence-electron chi connectivity index (χ1n) is 5.59. The summed E-state index contributed by atoms with van der Waals surface area (Å²) in [7, 11) is 0. The summed E-state index contributed by atoms with van der Waals surface area (Å²) >= 11 is 1.44. The van der Waals surface area contributed by atoms with Crippen molar-refractivity contribution in [2.24, 2.45) is 5.84 Å². The minimum atomic E-state index is -0.572. The zero-order valence-electron chi connectivity index (χ0n) is 10.2. The molecule has 2 aromatic rings. The summed E-state index contributed by atoms with van der Waals surface area (Å²) in [5, 5.41) is 5.36. The number of anilines is 1. The summed E-state index contributed by atoms with van der Waals surface area (Å²) in [6.07, 6.45) is 1.66. The molecule has 0 aliphatic rings. The number of nitrogens with one attached hydrogen (secondary N) is 2. The highest BCUT2D eigenvalue weighted by atomic mass is 32.1. The first kappa shape index (κ1) is 13.4. The Morgan fingerprint density at radius 2 is 2.32 bits per heavy atom. The fourth-order valence-electron chi connectivity index (χ4n) is 1.64. The average molecular weight is 280 g/mol. The number of carbonyl (C=O) groups is 1. The maximum Gasteiger partial charge on any atom is 0.254 e. The maximum atomic E-state index is 13.5. The van der Waals surface area contributed by atoms with Crippen molar-refractivity contribution >= 4 is 22.9 Å². The van der Waals surface area contributed by atoms with E-state index in [2.05, 4.69) is 15.7 Å². The normalized spacial score (nSPS) is 11.9. The lowest BCUT2D eigenvalue weighted by Gasteiger charge is -2.14. The third-order valence-electron chi connectivity index (χ3n) is 2.57. The van der Waals surface area contributed by atoms with Gasteiger partial charge in [0.05, 0.1) is 17.3 Å². The number of rotatable bonds is 4. The van der Waals surface area contributed by atoms with E-state index in [-0.39, 0.29) is 17.3 Å². The number of nitrogen functional groups attached to an aromatic ring is 1. The molecule has 0 saturated carbocycles. The predicted molar refractivity (Wildman–Crippen MR) is 72.2 cm³/mol. The lowest BCUT2D eigenvalue weighted by Crippen LogP contribution is -2.28. The third-order valence-corrected chi connectivity index (χ3v) is 3.53. The largest absolute Gasteiger partial charge is 0.343 e.